The molecule has 0 amide bonds. The number of ether oxygens (including phenoxy) is 1. The summed E-state index contributed by atoms with van der Waals surface area (Å²) in [6.07, 6.45) is 1.88. The number of rotatable bonds is 3. The number of hydrogen-bond donors (Lipinski definition) is 1. The molecule has 0 bridgehead atoms. The molecule has 0 saturated carbocycles. The molecule has 0 aliphatic rings. The molecule has 17 heavy (non-hydrogen) atoms. The second-order valence-electron chi connectivity index (χ2n) is 5.45. The van der Waals surface area contributed by atoms with Crippen molar-refractivity contribution >= 4 is 6.08 Å². The van der Waals surface area contributed by atoms with Gasteiger partial charge in [-0.1, -0.05) is 51.1 Å². The minimum absolute atomic E-state index is 0.288. The van der Waals surface area contributed by atoms with Gasteiger partial charge >= 0.3 is 0 Å². The highest BCUT2D eigenvalue weighted by atomic mass is 16.5. The summed E-state index contributed by atoms with van der Waals surface area (Å²) in [6.45, 7) is 7.76. The van der Waals surface area contributed by atoms with Crippen LogP contribution < -0.4 is 0 Å². The summed E-state index contributed by atoms with van der Waals surface area (Å²) in [5.41, 5.74) is -0.268. The molecule has 0 heterocycles. The SMILES string of the molecule is CO/C(=C\c1ccccc1)C(C)(O)C(C)(C)C. The number of benzene rings is 1. The lowest BCUT2D eigenvalue weighted by atomic mass is 9.76. The minimum Gasteiger partial charge on any atom is -0.498 e. The molecule has 1 rings (SSSR count). The molecular weight excluding hydrogens is 212 g/mol. The zero-order valence-corrected chi connectivity index (χ0v) is 11.3. The molecule has 1 atom stereocenters. The Balaban J connectivity index is 3.12. The van der Waals surface area contributed by atoms with Gasteiger partial charge in [0.1, 0.15) is 11.4 Å². The lowest BCUT2D eigenvalue weighted by molar-refractivity contribution is -0.0449. The summed E-state index contributed by atoms with van der Waals surface area (Å²) < 4.78 is 5.36. The standard InChI is InChI=1S/C15H22O2/c1-14(2,3)15(4,16)13(17-5)11-12-9-7-6-8-10-12/h6-11,16H,1-5H3/b13-11-. The van der Waals surface area contributed by atoms with Crippen LogP contribution >= 0.6 is 0 Å². The number of methoxy groups -OCH3 is 1. The van der Waals surface area contributed by atoms with Crippen molar-refractivity contribution in [3.8, 4) is 0 Å². The van der Waals surface area contributed by atoms with E-state index in [1.807, 2.05) is 57.2 Å². The van der Waals surface area contributed by atoms with Crippen LogP contribution in [0.1, 0.15) is 33.3 Å². The van der Waals surface area contributed by atoms with Crippen LogP contribution in [0.2, 0.25) is 0 Å². The first-order chi connectivity index (χ1) is 7.79. The van der Waals surface area contributed by atoms with E-state index in [-0.39, 0.29) is 5.41 Å². The quantitative estimate of drug-likeness (QED) is 0.811. The fourth-order valence-corrected chi connectivity index (χ4v) is 1.47. The van der Waals surface area contributed by atoms with Gasteiger partial charge in [-0.25, -0.2) is 0 Å². The van der Waals surface area contributed by atoms with Gasteiger partial charge in [0.25, 0.3) is 0 Å². The molecule has 94 valence electrons. The third-order valence-corrected chi connectivity index (χ3v) is 3.26. The van der Waals surface area contributed by atoms with Crippen LogP contribution in [0.25, 0.3) is 6.08 Å². The normalized spacial score (nSPS) is 16.5. The van der Waals surface area contributed by atoms with Gasteiger partial charge in [0.2, 0.25) is 0 Å². The Labute approximate surface area is 104 Å². The maximum absolute atomic E-state index is 10.6. The van der Waals surface area contributed by atoms with Crippen LogP contribution in [-0.2, 0) is 4.74 Å². The van der Waals surface area contributed by atoms with Gasteiger partial charge < -0.3 is 9.84 Å². The zero-order valence-electron chi connectivity index (χ0n) is 11.3. The molecule has 1 aromatic carbocycles. The van der Waals surface area contributed by atoms with E-state index >= 15 is 0 Å². The van der Waals surface area contributed by atoms with Crippen molar-refractivity contribution in [1.29, 1.82) is 0 Å². The van der Waals surface area contributed by atoms with Crippen molar-refractivity contribution in [2.45, 2.75) is 33.3 Å². The largest absolute Gasteiger partial charge is 0.498 e. The molecule has 1 aromatic rings. The van der Waals surface area contributed by atoms with Crippen molar-refractivity contribution in [2.75, 3.05) is 7.11 Å². The Bertz CT molecular complexity index is 383. The van der Waals surface area contributed by atoms with Gasteiger partial charge in [-0.3, -0.25) is 0 Å². The van der Waals surface area contributed by atoms with Crippen molar-refractivity contribution < 1.29 is 9.84 Å². The molecular formula is C15H22O2. The topological polar surface area (TPSA) is 29.5 Å². The molecule has 0 fully saturated rings. The van der Waals surface area contributed by atoms with Crippen molar-refractivity contribution in [1.82, 2.24) is 0 Å². The fourth-order valence-electron chi connectivity index (χ4n) is 1.47. The summed E-state index contributed by atoms with van der Waals surface area (Å²) >= 11 is 0. The first-order valence-electron chi connectivity index (χ1n) is 5.82. The summed E-state index contributed by atoms with van der Waals surface area (Å²) in [4.78, 5) is 0. The monoisotopic (exact) mass is 234 g/mol. The van der Waals surface area contributed by atoms with E-state index in [1.165, 1.54) is 0 Å². The Morgan fingerprint density at radius 2 is 1.65 bits per heavy atom. The number of aliphatic hydroxyl groups is 1. The van der Waals surface area contributed by atoms with Gasteiger partial charge in [0.15, 0.2) is 0 Å². The van der Waals surface area contributed by atoms with Crippen LogP contribution in [0.15, 0.2) is 36.1 Å². The second-order valence-corrected chi connectivity index (χ2v) is 5.45. The molecule has 2 heteroatoms. The second kappa shape index (κ2) is 4.92. The van der Waals surface area contributed by atoms with Gasteiger partial charge in [0, 0.05) is 0 Å². The predicted octanol–water partition coefficient (Wildman–Crippen LogP) is 3.47. The molecule has 0 spiro atoms. The third kappa shape index (κ3) is 3.10. The smallest absolute Gasteiger partial charge is 0.128 e. The Hall–Kier alpha value is -1.28. The highest BCUT2D eigenvalue weighted by molar-refractivity contribution is 5.53. The predicted molar refractivity (Wildman–Crippen MR) is 71.5 cm³/mol. The molecule has 0 aliphatic heterocycles. The first kappa shape index (κ1) is 13.8. The third-order valence-electron chi connectivity index (χ3n) is 3.26. The van der Waals surface area contributed by atoms with Gasteiger partial charge in [-0.15, -0.1) is 0 Å². The van der Waals surface area contributed by atoms with Crippen LogP contribution in [0.3, 0.4) is 0 Å². The summed E-state index contributed by atoms with van der Waals surface area (Å²) in [5, 5.41) is 10.6. The van der Waals surface area contributed by atoms with E-state index < -0.39 is 5.60 Å². The van der Waals surface area contributed by atoms with Crippen LogP contribution in [0, 0.1) is 5.41 Å². The zero-order chi connectivity index (χ0) is 13.1. The minimum atomic E-state index is -1.00. The van der Waals surface area contributed by atoms with E-state index in [1.54, 1.807) is 14.0 Å². The molecule has 0 saturated heterocycles. The van der Waals surface area contributed by atoms with Crippen molar-refractivity contribution in [2.24, 2.45) is 5.41 Å². The highest BCUT2D eigenvalue weighted by Gasteiger charge is 2.39. The van der Waals surface area contributed by atoms with E-state index in [0.717, 1.165) is 5.56 Å². The summed E-state index contributed by atoms with van der Waals surface area (Å²) in [6, 6.07) is 9.86. The lowest BCUT2D eigenvalue weighted by Gasteiger charge is -2.38. The summed E-state index contributed by atoms with van der Waals surface area (Å²) in [5.74, 6) is 0.580. The van der Waals surface area contributed by atoms with Crippen molar-refractivity contribution in [3.05, 3.63) is 41.7 Å². The van der Waals surface area contributed by atoms with Crippen LogP contribution in [-0.4, -0.2) is 17.8 Å². The lowest BCUT2D eigenvalue weighted by Crippen LogP contribution is -2.42. The average molecular weight is 234 g/mol. The Morgan fingerprint density at radius 1 is 1.12 bits per heavy atom. The van der Waals surface area contributed by atoms with Crippen molar-refractivity contribution in [3.63, 3.8) is 0 Å². The van der Waals surface area contributed by atoms with E-state index in [2.05, 4.69) is 0 Å². The molecule has 1 unspecified atom stereocenters. The van der Waals surface area contributed by atoms with E-state index in [4.69, 9.17) is 4.74 Å². The molecule has 1 N–H and O–H groups in total. The maximum Gasteiger partial charge on any atom is 0.128 e. The van der Waals surface area contributed by atoms with Gasteiger partial charge in [-0.2, -0.15) is 0 Å². The number of hydrogen-bond acceptors (Lipinski definition) is 2. The molecule has 2 nitrogen and oxygen atoms in total. The maximum atomic E-state index is 10.6. The molecule has 0 aromatic heterocycles. The average Bonchev–Trinajstić information content (AvgIpc) is 2.25. The Morgan fingerprint density at radius 3 is 2.06 bits per heavy atom. The fraction of sp³-hybridized carbons (Fsp3) is 0.467. The molecule has 0 aliphatic carbocycles. The van der Waals surface area contributed by atoms with Crippen LogP contribution in [0.4, 0.5) is 0 Å². The van der Waals surface area contributed by atoms with E-state index in [0.29, 0.717) is 5.76 Å². The Kier molecular flexibility index (Phi) is 3.99. The molecule has 0 radical (unpaired) electrons. The van der Waals surface area contributed by atoms with Gasteiger partial charge in [0.05, 0.1) is 7.11 Å². The highest BCUT2D eigenvalue weighted by Crippen LogP contribution is 2.37. The first-order valence-corrected chi connectivity index (χ1v) is 5.82. The summed E-state index contributed by atoms with van der Waals surface area (Å²) in [7, 11) is 1.59. The van der Waals surface area contributed by atoms with Gasteiger partial charge in [-0.05, 0) is 24.0 Å². The van der Waals surface area contributed by atoms with E-state index in [9.17, 15) is 5.11 Å². The van der Waals surface area contributed by atoms with Crippen LogP contribution in [0.5, 0.6) is 0 Å².